The molecule has 0 bridgehead atoms. The predicted octanol–water partition coefficient (Wildman–Crippen LogP) is 4.18. The van der Waals surface area contributed by atoms with Crippen LogP contribution in [0.4, 0.5) is 0 Å². The van der Waals surface area contributed by atoms with E-state index in [2.05, 4.69) is 40.7 Å². The smallest absolute Gasteiger partial charge is 0.292 e. The largest absolute Gasteiger partial charge is 0.443 e. The van der Waals surface area contributed by atoms with E-state index in [1.54, 1.807) is 18.5 Å². The highest BCUT2D eigenvalue weighted by Crippen LogP contribution is 2.49. The molecule has 0 aliphatic carbocycles. The molecule has 7 heterocycles. The van der Waals surface area contributed by atoms with Crippen molar-refractivity contribution in [1.29, 1.82) is 0 Å². The summed E-state index contributed by atoms with van der Waals surface area (Å²) in [7, 11) is 0. The summed E-state index contributed by atoms with van der Waals surface area (Å²) in [6.45, 7) is 5.90. The molecule has 2 unspecified atom stereocenters. The lowest BCUT2D eigenvalue weighted by Gasteiger charge is -2.33. The van der Waals surface area contributed by atoms with Crippen molar-refractivity contribution in [2.45, 2.75) is 57.1 Å². The van der Waals surface area contributed by atoms with Crippen LogP contribution in [0.5, 0.6) is 11.5 Å². The van der Waals surface area contributed by atoms with Gasteiger partial charge in [0, 0.05) is 25.3 Å². The zero-order chi connectivity index (χ0) is 31.4. The maximum Gasteiger partial charge on any atom is 0.292 e. The Labute approximate surface area is 269 Å². The van der Waals surface area contributed by atoms with Crippen molar-refractivity contribution in [2.75, 3.05) is 19.7 Å². The minimum absolute atomic E-state index is 0.0132. The van der Waals surface area contributed by atoms with Crippen molar-refractivity contribution in [1.82, 2.24) is 39.6 Å². The maximum atomic E-state index is 11.5. The number of halogens is 1. The fourth-order valence-corrected chi connectivity index (χ4v) is 6.58. The third-order valence-corrected chi connectivity index (χ3v) is 9.28. The number of imidazole rings is 1. The number of nitrogens with two attached hydrogens (primary N) is 1. The Bertz CT molecular complexity index is 1930. The second-order valence-corrected chi connectivity index (χ2v) is 12.5. The zero-order valence-corrected chi connectivity index (χ0v) is 25.9. The van der Waals surface area contributed by atoms with Crippen molar-refractivity contribution in [3.8, 4) is 23.0 Å². The normalized spacial score (nSPS) is 21.5. The Kier molecular flexibility index (Phi) is 7.11. The fraction of sp³-hybridized carbons (Fsp3) is 0.375. The standard InChI is InChI=1S/C32H32ClN9O4/c1-32(26-6-5-19(33)14-36-26)45-25-4-2-3-21(28(25)46-32)18-7-10-41(11-8-18)17-27-37-22-13-23(30-38-31(29(34)43)40-39-30)35-15-24(22)42(27)16-20-9-12-44-20/h2-6,13-15,18,20H,7-12,16-17H2,1H3,(H2,34,43)(H,38,39,40). The SMILES string of the molecule is CC1(c2ccc(Cl)cn2)Oc2cccc(C3CCN(Cc4nc5cc(-c6nnc(C(N)=O)[nH]6)ncc5n4CC4CCO4)CC3)c2O1. The van der Waals surface area contributed by atoms with Crippen molar-refractivity contribution >= 4 is 28.5 Å². The number of aromatic amines is 1. The number of fused-ring (bicyclic) bond motifs is 2. The number of amides is 1. The van der Waals surface area contributed by atoms with Crippen LogP contribution in [-0.2, 0) is 23.6 Å². The van der Waals surface area contributed by atoms with Crippen LogP contribution in [0.1, 0.15) is 59.8 Å². The van der Waals surface area contributed by atoms with E-state index in [9.17, 15) is 4.79 Å². The first-order chi connectivity index (χ1) is 22.3. The van der Waals surface area contributed by atoms with Gasteiger partial charge in [-0.15, -0.1) is 10.2 Å². The molecule has 3 aliphatic heterocycles. The summed E-state index contributed by atoms with van der Waals surface area (Å²) < 4.78 is 20.8. The molecule has 46 heavy (non-hydrogen) atoms. The van der Waals surface area contributed by atoms with Gasteiger partial charge in [-0.05, 0) is 62.5 Å². The molecule has 13 nitrogen and oxygen atoms in total. The lowest BCUT2D eigenvalue weighted by Crippen LogP contribution is -2.35. The van der Waals surface area contributed by atoms with Crippen molar-refractivity contribution in [3.05, 3.63) is 76.7 Å². The van der Waals surface area contributed by atoms with Crippen molar-refractivity contribution in [3.63, 3.8) is 0 Å². The average molecular weight is 642 g/mol. The first kappa shape index (κ1) is 28.9. The number of H-pyrrole nitrogens is 1. The highest BCUT2D eigenvalue weighted by Gasteiger charge is 2.42. The molecule has 14 heteroatoms. The number of benzene rings is 1. The van der Waals surface area contributed by atoms with Gasteiger partial charge < -0.3 is 29.5 Å². The molecule has 0 saturated carbocycles. The summed E-state index contributed by atoms with van der Waals surface area (Å²) in [5.41, 5.74) is 9.42. The number of carbonyl (C=O) groups is 1. The summed E-state index contributed by atoms with van der Waals surface area (Å²) >= 11 is 6.06. The number of aromatic nitrogens is 7. The number of hydrogen-bond donors (Lipinski definition) is 2. The number of likely N-dealkylation sites (tertiary alicyclic amines) is 1. The van der Waals surface area contributed by atoms with E-state index >= 15 is 0 Å². The maximum absolute atomic E-state index is 11.5. The molecule has 3 N–H and O–H groups in total. The first-order valence-electron chi connectivity index (χ1n) is 15.4. The number of piperidine rings is 1. The van der Waals surface area contributed by atoms with Gasteiger partial charge >= 0.3 is 0 Å². The van der Waals surface area contributed by atoms with Gasteiger partial charge in [0.2, 0.25) is 5.82 Å². The Morgan fingerprint density at radius 3 is 2.67 bits per heavy atom. The van der Waals surface area contributed by atoms with Crippen LogP contribution in [0.3, 0.4) is 0 Å². The number of primary amides is 1. The van der Waals surface area contributed by atoms with Crippen LogP contribution >= 0.6 is 11.6 Å². The average Bonchev–Trinajstić information content (AvgIpc) is 3.75. The van der Waals surface area contributed by atoms with E-state index in [0.717, 1.165) is 72.9 Å². The number of para-hydroxylation sites is 1. The van der Waals surface area contributed by atoms with Crippen LogP contribution in [0.2, 0.25) is 5.02 Å². The Morgan fingerprint density at radius 1 is 1.11 bits per heavy atom. The molecule has 1 aromatic carbocycles. The molecule has 0 radical (unpaired) electrons. The Morgan fingerprint density at radius 2 is 1.96 bits per heavy atom. The highest BCUT2D eigenvalue weighted by molar-refractivity contribution is 6.30. The van der Waals surface area contributed by atoms with Gasteiger partial charge in [0.25, 0.3) is 11.7 Å². The molecule has 0 spiro atoms. The summed E-state index contributed by atoms with van der Waals surface area (Å²) in [4.78, 5) is 30.9. The van der Waals surface area contributed by atoms with Gasteiger partial charge in [-0.2, -0.15) is 0 Å². The second-order valence-electron chi connectivity index (χ2n) is 12.1. The number of pyridine rings is 2. The van der Waals surface area contributed by atoms with Crippen molar-refractivity contribution < 1.29 is 19.0 Å². The molecular formula is C32H32ClN9O4. The second kappa shape index (κ2) is 11.3. The summed E-state index contributed by atoms with van der Waals surface area (Å²) in [5, 5.41) is 8.41. The number of nitrogens with zero attached hydrogens (tertiary/aromatic N) is 7. The number of rotatable bonds is 8. The van der Waals surface area contributed by atoms with Gasteiger partial charge in [-0.3, -0.25) is 19.7 Å². The summed E-state index contributed by atoms with van der Waals surface area (Å²) in [6, 6.07) is 11.6. The number of hydrogen-bond acceptors (Lipinski definition) is 10. The lowest BCUT2D eigenvalue weighted by molar-refractivity contribution is -0.0722. The van der Waals surface area contributed by atoms with E-state index in [1.165, 1.54) is 0 Å². The van der Waals surface area contributed by atoms with Gasteiger partial charge in [0.15, 0.2) is 17.3 Å². The van der Waals surface area contributed by atoms with Crippen LogP contribution in [-0.4, -0.2) is 71.3 Å². The van der Waals surface area contributed by atoms with E-state index in [-0.39, 0.29) is 11.9 Å². The molecule has 2 saturated heterocycles. The number of carbonyl (C=O) groups excluding carboxylic acids is 1. The quantitative estimate of drug-likeness (QED) is 0.252. The fourth-order valence-electron chi connectivity index (χ4n) is 6.47. The van der Waals surface area contributed by atoms with Crippen molar-refractivity contribution in [2.24, 2.45) is 5.73 Å². The van der Waals surface area contributed by atoms with E-state index in [1.807, 2.05) is 31.2 Å². The highest BCUT2D eigenvalue weighted by atomic mass is 35.5. The van der Waals surface area contributed by atoms with Gasteiger partial charge in [-0.25, -0.2) is 4.98 Å². The Hall–Kier alpha value is -4.59. The molecule has 236 valence electrons. The topological polar surface area (TPSA) is 159 Å². The molecule has 4 aromatic heterocycles. The monoisotopic (exact) mass is 641 g/mol. The van der Waals surface area contributed by atoms with Gasteiger partial charge in [-0.1, -0.05) is 23.7 Å². The molecular weight excluding hydrogens is 610 g/mol. The number of nitrogens with one attached hydrogen (secondary N) is 1. The molecule has 3 aliphatic rings. The van der Waals surface area contributed by atoms with Crippen LogP contribution in [0, 0.1) is 0 Å². The molecule has 1 amide bonds. The summed E-state index contributed by atoms with van der Waals surface area (Å²) in [6.07, 6.45) is 6.52. The van der Waals surface area contributed by atoms with E-state index < -0.39 is 11.7 Å². The van der Waals surface area contributed by atoms with Crippen LogP contribution in [0.15, 0.2) is 48.8 Å². The van der Waals surface area contributed by atoms with Gasteiger partial charge in [0.1, 0.15) is 17.2 Å². The zero-order valence-electron chi connectivity index (χ0n) is 25.1. The summed E-state index contributed by atoms with van der Waals surface area (Å²) in [5.74, 6) is 1.47. The molecule has 8 rings (SSSR count). The first-order valence-corrected chi connectivity index (χ1v) is 15.8. The lowest BCUT2D eigenvalue weighted by atomic mass is 9.88. The third-order valence-electron chi connectivity index (χ3n) is 9.05. The van der Waals surface area contributed by atoms with E-state index in [0.29, 0.717) is 41.2 Å². The minimum atomic E-state index is -1.01. The molecule has 2 fully saturated rings. The third kappa shape index (κ3) is 5.23. The van der Waals surface area contributed by atoms with E-state index in [4.69, 9.17) is 36.5 Å². The van der Waals surface area contributed by atoms with Gasteiger partial charge in [0.05, 0.1) is 41.4 Å². The number of ether oxygens (including phenoxy) is 3. The Balaban J connectivity index is 0.996. The predicted molar refractivity (Wildman–Crippen MR) is 167 cm³/mol. The molecule has 5 aromatic rings. The van der Waals surface area contributed by atoms with Crippen LogP contribution < -0.4 is 15.2 Å². The minimum Gasteiger partial charge on any atom is -0.443 e. The van der Waals surface area contributed by atoms with Crippen LogP contribution in [0.25, 0.3) is 22.6 Å². The molecule has 2 atom stereocenters.